The molecule has 0 radical (unpaired) electrons. The van der Waals surface area contributed by atoms with Crippen molar-refractivity contribution in [1.29, 1.82) is 0 Å². The van der Waals surface area contributed by atoms with Gasteiger partial charge in [-0.15, -0.1) is 0 Å². The van der Waals surface area contributed by atoms with Crippen molar-refractivity contribution in [1.82, 2.24) is 31.9 Å². The van der Waals surface area contributed by atoms with E-state index < -0.39 is 0 Å². The quantitative estimate of drug-likeness (QED) is 0.0460. The second kappa shape index (κ2) is 30.2. The van der Waals surface area contributed by atoms with Gasteiger partial charge in [-0.05, 0) is 182 Å². The first kappa shape index (κ1) is 48.2. The SMILES string of the molecule is CC(C)CNCCCNC(CCN)Cc1cccc(-c2cc(CC(CCN)NCCCNCC(C)C)cc(CC(CCN)NCCCNCC(C)C)c2)c1. The molecule has 3 unspecified atom stereocenters. The van der Waals surface area contributed by atoms with Crippen LogP contribution in [-0.4, -0.2) is 96.7 Å². The zero-order valence-electron chi connectivity index (χ0n) is 35.6. The van der Waals surface area contributed by atoms with Gasteiger partial charge in [0.15, 0.2) is 0 Å². The Labute approximate surface area is 332 Å². The molecule has 2 aromatic rings. The van der Waals surface area contributed by atoms with Gasteiger partial charge in [-0.2, -0.15) is 0 Å². The minimum Gasteiger partial charge on any atom is -0.330 e. The fourth-order valence-corrected chi connectivity index (χ4v) is 7.06. The zero-order chi connectivity index (χ0) is 39.4. The average molecular weight is 752 g/mol. The Hall–Kier alpha value is -1.92. The maximum Gasteiger partial charge on any atom is 0.0119 e. The second-order valence-electron chi connectivity index (χ2n) is 16.9. The van der Waals surface area contributed by atoms with Gasteiger partial charge < -0.3 is 49.1 Å². The lowest BCUT2D eigenvalue weighted by Gasteiger charge is -2.22. The van der Waals surface area contributed by atoms with E-state index >= 15 is 0 Å². The molecule has 2 rings (SSSR count). The van der Waals surface area contributed by atoms with Crippen LogP contribution in [0.5, 0.6) is 0 Å². The van der Waals surface area contributed by atoms with Crippen molar-refractivity contribution in [3.8, 4) is 11.1 Å². The van der Waals surface area contributed by atoms with E-state index in [0.29, 0.717) is 55.5 Å². The molecule has 54 heavy (non-hydrogen) atoms. The van der Waals surface area contributed by atoms with E-state index in [9.17, 15) is 0 Å². The molecular weight excluding hydrogens is 667 g/mol. The Morgan fingerprint density at radius 1 is 0.444 bits per heavy atom. The summed E-state index contributed by atoms with van der Waals surface area (Å²) in [5, 5.41) is 22.2. The van der Waals surface area contributed by atoms with Crippen LogP contribution >= 0.6 is 0 Å². The van der Waals surface area contributed by atoms with Crippen LogP contribution in [0.1, 0.15) is 96.8 Å². The highest BCUT2D eigenvalue weighted by atomic mass is 14.9. The van der Waals surface area contributed by atoms with Crippen molar-refractivity contribution in [3.05, 3.63) is 59.2 Å². The Morgan fingerprint density at radius 2 is 0.815 bits per heavy atom. The Kier molecular flexibility index (Phi) is 27.0. The number of benzene rings is 2. The average Bonchev–Trinajstić information content (AvgIpc) is 3.12. The summed E-state index contributed by atoms with van der Waals surface area (Å²) >= 11 is 0. The third kappa shape index (κ3) is 23.2. The third-order valence-electron chi connectivity index (χ3n) is 9.85. The molecule has 2 aromatic carbocycles. The maximum atomic E-state index is 6.16. The molecule has 0 saturated carbocycles. The van der Waals surface area contributed by atoms with Crippen LogP contribution in [0.25, 0.3) is 11.1 Å². The van der Waals surface area contributed by atoms with E-state index in [-0.39, 0.29) is 0 Å². The fourth-order valence-electron chi connectivity index (χ4n) is 7.06. The van der Waals surface area contributed by atoms with Gasteiger partial charge in [0.2, 0.25) is 0 Å². The molecule has 0 bridgehead atoms. The summed E-state index contributed by atoms with van der Waals surface area (Å²) in [5.74, 6) is 2.03. The first-order chi connectivity index (χ1) is 26.1. The van der Waals surface area contributed by atoms with Crippen molar-refractivity contribution >= 4 is 0 Å². The molecule has 3 atom stereocenters. The number of rotatable bonds is 34. The molecule has 0 saturated heterocycles. The molecule has 0 fully saturated rings. The lowest BCUT2D eigenvalue weighted by molar-refractivity contribution is 0.461. The monoisotopic (exact) mass is 752 g/mol. The topological polar surface area (TPSA) is 150 Å². The van der Waals surface area contributed by atoms with Gasteiger partial charge in [0.1, 0.15) is 0 Å². The first-order valence-corrected chi connectivity index (χ1v) is 21.8. The molecule has 9 heteroatoms. The minimum absolute atomic E-state index is 0.342. The van der Waals surface area contributed by atoms with E-state index in [1.165, 1.54) is 27.8 Å². The number of hydrogen-bond acceptors (Lipinski definition) is 9. The highest BCUT2D eigenvalue weighted by molar-refractivity contribution is 5.66. The highest BCUT2D eigenvalue weighted by Gasteiger charge is 2.15. The molecule has 0 aliphatic heterocycles. The van der Waals surface area contributed by atoms with Gasteiger partial charge in [0.05, 0.1) is 0 Å². The summed E-state index contributed by atoms with van der Waals surface area (Å²) in [6.07, 6.45) is 9.12. The lowest BCUT2D eigenvalue weighted by atomic mass is 9.91. The zero-order valence-corrected chi connectivity index (χ0v) is 35.6. The van der Waals surface area contributed by atoms with Crippen LogP contribution in [0.15, 0.2) is 42.5 Å². The van der Waals surface area contributed by atoms with Crippen molar-refractivity contribution in [2.45, 2.75) is 117 Å². The summed E-state index contributed by atoms with van der Waals surface area (Å²) < 4.78 is 0. The smallest absolute Gasteiger partial charge is 0.0119 e. The molecule has 9 nitrogen and oxygen atoms in total. The molecule has 12 N–H and O–H groups in total. The summed E-state index contributed by atoms with van der Waals surface area (Å²) in [7, 11) is 0. The predicted molar refractivity (Wildman–Crippen MR) is 236 cm³/mol. The van der Waals surface area contributed by atoms with Gasteiger partial charge in [0.25, 0.3) is 0 Å². The Morgan fingerprint density at radius 3 is 1.19 bits per heavy atom. The molecule has 310 valence electrons. The van der Waals surface area contributed by atoms with Gasteiger partial charge in [-0.25, -0.2) is 0 Å². The number of nitrogens with one attached hydrogen (secondary N) is 6. The third-order valence-corrected chi connectivity index (χ3v) is 9.85. The van der Waals surface area contributed by atoms with E-state index in [1.54, 1.807) is 0 Å². The van der Waals surface area contributed by atoms with Gasteiger partial charge in [0, 0.05) is 18.1 Å². The second-order valence-corrected chi connectivity index (χ2v) is 16.9. The van der Waals surface area contributed by atoms with Crippen LogP contribution in [0, 0.1) is 17.8 Å². The normalized spacial score (nSPS) is 13.7. The first-order valence-electron chi connectivity index (χ1n) is 21.8. The van der Waals surface area contributed by atoms with E-state index in [0.717, 1.165) is 117 Å². The Bertz CT molecular complexity index is 1140. The summed E-state index contributed by atoms with van der Waals surface area (Å²) in [6.45, 7) is 24.9. The highest BCUT2D eigenvalue weighted by Crippen LogP contribution is 2.26. The standard InChI is InChI=1S/C45H85N9/c1-35(2)32-49-19-8-22-52-43(13-16-46)29-38-11-7-12-41(26-38)42-27-39(30-44(14-17-47)53-23-9-20-50-33-36(3)4)25-40(28-42)31-45(15-18-48)54-24-10-21-51-34-37(5)6/h7,11-12,25-28,35-37,43-45,49-54H,8-10,13-24,29-34,46-48H2,1-6H3. The lowest BCUT2D eigenvalue weighted by Crippen LogP contribution is -2.36. The van der Waals surface area contributed by atoms with Gasteiger partial charge in [-0.1, -0.05) is 84.0 Å². The number of nitrogens with two attached hydrogens (primary N) is 3. The molecule has 0 amide bonds. The van der Waals surface area contributed by atoms with Gasteiger partial charge >= 0.3 is 0 Å². The number of hydrogen-bond donors (Lipinski definition) is 9. The maximum absolute atomic E-state index is 6.16. The molecule has 0 spiro atoms. The van der Waals surface area contributed by atoms with Gasteiger partial charge in [-0.3, -0.25) is 0 Å². The van der Waals surface area contributed by atoms with Crippen molar-refractivity contribution in [2.24, 2.45) is 35.0 Å². The molecule has 0 aromatic heterocycles. The summed E-state index contributed by atoms with van der Waals surface area (Å²) in [4.78, 5) is 0. The van der Waals surface area contributed by atoms with E-state index in [4.69, 9.17) is 17.2 Å². The fraction of sp³-hybridized carbons (Fsp3) is 0.733. The van der Waals surface area contributed by atoms with Crippen LogP contribution in [0.3, 0.4) is 0 Å². The predicted octanol–water partition coefficient (Wildman–Crippen LogP) is 4.81. The van der Waals surface area contributed by atoms with Crippen LogP contribution in [-0.2, 0) is 19.3 Å². The van der Waals surface area contributed by atoms with Crippen LogP contribution in [0.4, 0.5) is 0 Å². The minimum atomic E-state index is 0.342. The van der Waals surface area contributed by atoms with Crippen molar-refractivity contribution in [2.75, 3.05) is 78.5 Å². The summed E-state index contributed by atoms with van der Waals surface area (Å²) in [5.41, 5.74) is 25.1. The van der Waals surface area contributed by atoms with Crippen LogP contribution in [0.2, 0.25) is 0 Å². The Balaban J connectivity index is 2.26. The van der Waals surface area contributed by atoms with E-state index in [2.05, 4.69) is 116 Å². The van der Waals surface area contributed by atoms with Crippen molar-refractivity contribution in [3.63, 3.8) is 0 Å². The van der Waals surface area contributed by atoms with E-state index in [1.807, 2.05) is 0 Å². The molecular formula is C45H85N9. The molecule has 0 aliphatic rings. The molecule has 0 aliphatic carbocycles. The van der Waals surface area contributed by atoms with Crippen LogP contribution < -0.4 is 49.1 Å². The largest absolute Gasteiger partial charge is 0.330 e. The van der Waals surface area contributed by atoms with Crippen molar-refractivity contribution < 1.29 is 0 Å². The molecule has 0 heterocycles. The summed E-state index contributed by atoms with van der Waals surface area (Å²) in [6, 6.07) is 17.5.